The van der Waals surface area contributed by atoms with Gasteiger partial charge in [-0.25, -0.2) is 4.98 Å². The number of hydrogen-bond donors (Lipinski definition) is 2. The summed E-state index contributed by atoms with van der Waals surface area (Å²) in [6.45, 7) is 1.72. The summed E-state index contributed by atoms with van der Waals surface area (Å²) < 4.78 is 1.38. The van der Waals surface area contributed by atoms with Crippen molar-refractivity contribution in [1.29, 1.82) is 0 Å². The minimum absolute atomic E-state index is 0. The molecule has 0 aliphatic carbocycles. The fourth-order valence-corrected chi connectivity index (χ4v) is 2.42. The van der Waals surface area contributed by atoms with E-state index in [4.69, 9.17) is 0 Å². The molecule has 2 N–H and O–H groups in total. The quantitative estimate of drug-likeness (QED) is 0.852. The van der Waals surface area contributed by atoms with Crippen molar-refractivity contribution in [3.05, 3.63) is 46.5 Å². The summed E-state index contributed by atoms with van der Waals surface area (Å²) in [5, 5.41) is 6.11. The Morgan fingerprint density at radius 2 is 2.29 bits per heavy atom. The number of hydrogen-bond acceptors (Lipinski definition) is 4. The largest absolute Gasteiger partial charge is 0.348 e. The lowest BCUT2D eigenvalue weighted by atomic mass is 10.1. The molecule has 1 aliphatic heterocycles. The number of aromatic nitrogens is 2. The molecule has 1 aliphatic rings. The number of pyridine rings is 1. The first-order valence-corrected chi connectivity index (χ1v) is 6.74. The van der Waals surface area contributed by atoms with E-state index in [-0.39, 0.29) is 35.5 Å². The minimum Gasteiger partial charge on any atom is -0.348 e. The molecule has 1 saturated heterocycles. The number of nitrogens with zero attached hydrogens (tertiary/aromatic N) is 2. The summed E-state index contributed by atoms with van der Waals surface area (Å²) in [5.41, 5.74) is 0.282. The maximum atomic E-state index is 12.3. The Hall–Kier alpha value is -1.92. The molecule has 6 nitrogen and oxygen atoms in total. The molecule has 2 aromatic rings. The van der Waals surface area contributed by atoms with Gasteiger partial charge in [0.25, 0.3) is 11.5 Å². The lowest BCUT2D eigenvalue weighted by molar-refractivity contribution is 0.0928. The number of carbonyl (C=O) groups is 1. The first kappa shape index (κ1) is 15.5. The summed E-state index contributed by atoms with van der Waals surface area (Å²) >= 11 is 0. The Morgan fingerprint density at radius 3 is 3.05 bits per heavy atom. The number of halogens is 1. The van der Waals surface area contributed by atoms with Crippen LogP contribution in [0.1, 0.15) is 23.2 Å². The number of carbonyl (C=O) groups excluding carboxylic acids is 1. The molecule has 3 heterocycles. The minimum atomic E-state index is -0.352. The number of nitrogens with one attached hydrogen (secondary N) is 2. The molecule has 1 atom stereocenters. The van der Waals surface area contributed by atoms with Crippen molar-refractivity contribution >= 4 is 24.0 Å². The van der Waals surface area contributed by atoms with Crippen LogP contribution < -0.4 is 16.2 Å². The van der Waals surface area contributed by atoms with Crippen LogP contribution >= 0.6 is 12.4 Å². The van der Waals surface area contributed by atoms with Crippen LogP contribution in [-0.2, 0) is 0 Å². The molecule has 3 rings (SSSR count). The van der Waals surface area contributed by atoms with E-state index in [2.05, 4.69) is 15.6 Å². The molecule has 1 amide bonds. The third kappa shape index (κ3) is 3.22. The van der Waals surface area contributed by atoms with E-state index in [1.54, 1.807) is 24.4 Å². The molecule has 0 radical (unpaired) electrons. The third-order valence-corrected chi connectivity index (χ3v) is 3.49. The van der Waals surface area contributed by atoms with Crippen LogP contribution in [0, 0.1) is 0 Å². The van der Waals surface area contributed by atoms with Crippen molar-refractivity contribution in [2.24, 2.45) is 0 Å². The predicted molar refractivity (Wildman–Crippen MR) is 82.1 cm³/mol. The summed E-state index contributed by atoms with van der Waals surface area (Å²) in [6, 6.07) is 5.35. The van der Waals surface area contributed by atoms with E-state index in [0.29, 0.717) is 5.65 Å². The molecule has 7 heteroatoms. The fourth-order valence-electron chi connectivity index (χ4n) is 2.42. The second kappa shape index (κ2) is 6.69. The van der Waals surface area contributed by atoms with Gasteiger partial charge in [0.05, 0.1) is 0 Å². The summed E-state index contributed by atoms with van der Waals surface area (Å²) in [6.07, 6.45) is 4.92. The van der Waals surface area contributed by atoms with E-state index >= 15 is 0 Å². The second-order valence-corrected chi connectivity index (χ2v) is 4.92. The highest BCUT2D eigenvalue weighted by Gasteiger charge is 2.19. The van der Waals surface area contributed by atoms with E-state index < -0.39 is 0 Å². The molecule has 0 aromatic carbocycles. The first-order valence-electron chi connectivity index (χ1n) is 6.74. The van der Waals surface area contributed by atoms with Crippen LogP contribution in [0.4, 0.5) is 0 Å². The smallest absolute Gasteiger partial charge is 0.270 e. The molecule has 21 heavy (non-hydrogen) atoms. The van der Waals surface area contributed by atoms with E-state index in [0.717, 1.165) is 25.9 Å². The van der Waals surface area contributed by atoms with Crippen LogP contribution in [0.25, 0.3) is 5.65 Å². The van der Waals surface area contributed by atoms with Crippen molar-refractivity contribution < 1.29 is 4.79 Å². The SMILES string of the molecule is Cl.O=C(N[C@H]1CCCNC1)c1cnc2ccccn2c1=O. The molecular weight excluding hydrogens is 292 g/mol. The zero-order valence-electron chi connectivity index (χ0n) is 11.4. The maximum Gasteiger partial charge on any atom is 0.270 e. The van der Waals surface area contributed by atoms with Crippen LogP contribution in [0.15, 0.2) is 35.4 Å². The summed E-state index contributed by atoms with van der Waals surface area (Å²) in [4.78, 5) is 28.6. The summed E-state index contributed by atoms with van der Waals surface area (Å²) in [5.74, 6) is -0.352. The standard InChI is InChI=1S/C14H16N4O2.ClH/c19-13(17-10-4-3-6-15-8-10)11-9-16-12-5-1-2-7-18(12)14(11)20;/h1-2,5,7,9-10,15H,3-4,6,8H2,(H,17,19);1H/t10-;/m0./s1. The highest BCUT2D eigenvalue weighted by atomic mass is 35.5. The molecule has 0 unspecified atom stereocenters. The molecule has 0 saturated carbocycles. The Bertz CT molecular complexity index is 695. The molecule has 112 valence electrons. The van der Waals surface area contributed by atoms with Crippen molar-refractivity contribution in [3.63, 3.8) is 0 Å². The molecule has 0 bridgehead atoms. The van der Waals surface area contributed by atoms with Gasteiger partial charge in [0, 0.05) is 25.0 Å². The van der Waals surface area contributed by atoms with Crippen molar-refractivity contribution in [3.8, 4) is 0 Å². The van der Waals surface area contributed by atoms with Gasteiger partial charge >= 0.3 is 0 Å². The normalized spacial score (nSPS) is 18.0. The Kier molecular flexibility index (Phi) is 4.93. The van der Waals surface area contributed by atoms with E-state index in [9.17, 15) is 9.59 Å². The fraction of sp³-hybridized carbons (Fsp3) is 0.357. The highest BCUT2D eigenvalue weighted by molar-refractivity contribution is 5.93. The van der Waals surface area contributed by atoms with Crippen molar-refractivity contribution in [2.45, 2.75) is 18.9 Å². The van der Waals surface area contributed by atoms with E-state index in [1.165, 1.54) is 10.6 Å². The Labute approximate surface area is 128 Å². The number of piperidine rings is 1. The van der Waals surface area contributed by atoms with Gasteiger partial charge in [0.2, 0.25) is 0 Å². The van der Waals surface area contributed by atoms with Gasteiger partial charge in [-0.15, -0.1) is 12.4 Å². The molecule has 1 fully saturated rings. The maximum absolute atomic E-state index is 12.3. The topological polar surface area (TPSA) is 75.5 Å². The van der Waals surface area contributed by atoms with Crippen molar-refractivity contribution in [2.75, 3.05) is 13.1 Å². The molecule has 0 spiro atoms. The van der Waals surface area contributed by atoms with Gasteiger partial charge in [0.1, 0.15) is 11.2 Å². The zero-order valence-corrected chi connectivity index (χ0v) is 12.2. The second-order valence-electron chi connectivity index (χ2n) is 4.92. The lowest BCUT2D eigenvalue weighted by Gasteiger charge is -2.23. The number of amides is 1. The van der Waals surface area contributed by atoms with Crippen LogP contribution in [0.5, 0.6) is 0 Å². The lowest BCUT2D eigenvalue weighted by Crippen LogP contribution is -2.46. The van der Waals surface area contributed by atoms with Gasteiger partial charge in [-0.05, 0) is 31.5 Å². The first-order chi connectivity index (χ1) is 9.75. The highest BCUT2D eigenvalue weighted by Crippen LogP contribution is 2.03. The molecular formula is C14H17ClN4O2. The van der Waals surface area contributed by atoms with Gasteiger partial charge in [-0.2, -0.15) is 0 Å². The van der Waals surface area contributed by atoms with Crippen molar-refractivity contribution in [1.82, 2.24) is 20.0 Å². The Morgan fingerprint density at radius 1 is 1.43 bits per heavy atom. The monoisotopic (exact) mass is 308 g/mol. The van der Waals surface area contributed by atoms with Gasteiger partial charge in [0.15, 0.2) is 0 Å². The molecule has 2 aromatic heterocycles. The average molecular weight is 309 g/mol. The van der Waals surface area contributed by atoms with Gasteiger partial charge < -0.3 is 10.6 Å². The zero-order chi connectivity index (χ0) is 13.9. The van der Waals surface area contributed by atoms with Gasteiger partial charge in [-0.1, -0.05) is 6.07 Å². The van der Waals surface area contributed by atoms with Crippen LogP contribution in [-0.4, -0.2) is 34.4 Å². The number of rotatable bonds is 2. The average Bonchev–Trinajstić information content (AvgIpc) is 2.49. The summed E-state index contributed by atoms with van der Waals surface area (Å²) in [7, 11) is 0. The van der Waals surface area contributed by atoms with Crippen LogP contribution in [0.2, 0.25) is 0 Å². The Balaban J connectivity index is 0.00000161. The third-order valence-electron chi connectivity index (χ3n) is 3.49. The predicted octanol–water partition coefficient (Wildman–Crippen LogP) is 0.598. The van der Waals surface area contributed by atoms with Gasteiger partial charge in [-0.3, -0.25) is 14.0 Å². The van der Waals surface area contributed by atoms with Crippen LogP contribution in [0.3, 0.4) is 0 Å². The van der Waals surface area contributed by atoms with E-state index in [1.807, 2.05) is 0 Å². The number of fused-ring (bicyclic) bond motifs is 1.